The monoisotopic (exact) mass is 157 g/mol. The number of carbonyl (C=O) groups excluding carboxylic acids is 1. The van der Waals surface area contributed by atoms with Crippen molar-refractivity contribution in [2.75, 3.05) is 20.2 Å². The highest BCUT2D eigenvalue weighted by molar-refractivity contribution is 5.91. The summed E-state index contributed by atoms with van der Waals surface area (Å²) in [7, 11) is 1.67. The molecule has 0 aromatic carbocycles. The van der Waals surface area contributed by atoms with Crippen LogP contribution in [0.4, 0.5) is 0 Å². The van der Waals surface area contributed by atoms with Gasteiger partial charge in [-0.05, 0) is 0 Å². The molecule has 1 aliphatic heterocycles. The molecule has 0 spiro atoms. The summed E-state index contributed by atoms with van der Waals surface area (Å²) in [5, 5.41) is 5.57. The number of nitrogens with two attached hydrogens (primary N) is 1. The first kappa shape index (κ1) is 7.71. The van der Waals surface area contributed by atoms with Gasteiger partial charge in [0.2, 0.25) is 5.88 Å². The topological polar surface area (TPSA) is 76.4 Å². The minimum Gasteiger partial charge on any atom is -0.476 e. The van der Waals surface area contributed by atoms with Crippen LogP contribution in [0.15, 0.2) is 11.6 Å². The Morgan fingerprint density at radius 2 is 2.55 bits per heavy atom. The van der Waals surface area contributed by atoms with Crippen molar-refractivity contribution in [2.24, 2.45) is 5.73 Å². The van der Waals surface area contributed by atoms with Crippen LogP contribution in [-0.4, -0.2) is 26.1 Å². The van der Waals surface area contributed by atoms with Crippen LogP contribution in [0.25, 0.3) is 0 Å². The lowest BCUT2D eigenvalue weighted by atomic mass is 10.4. The number of nitrogens with one attached hydrogen (secondary N) is 2. The van der Waals surface area contributed by atoms with Crippen LogP contribution >= 0.6 is 0 Å². The maximum atomic E-state index is 10.7. The highest BCUT2D eigenvalue weighted by atomic mass is 16.5. The Morgan fingerprint density at radius 1 is 1.82 bits per heavy atom. The average molecular weight is 157 g/mol. The summed E-state index contributed by atoms with van der Waals surface area (Å²) >= 11 is 0. The van der Waals surface area contributed by atoms with Gasteiger partial charge in [0.15, 0.2) is 5.70 Å². The Hall–Kier alpha value is -1.39. The van der Waals surface area contributed by atoms with Crippen LogP contribution in [0.2, 0.25) is 0 Å². The Morgan fingerprint density at radius 3 is 3.00 bits per heavy atom. The molecular weight excluding hydrogens is 146 g/mol. The van der Waals surface area contributed by atoms with Crippen molar-refractivity contribution in [2.45, 2.75) is 0 Å². The molecular formula is C6H11N3O2. The average Bonchev–Trinajstić information content (AvgIpc) is 2.04. The molecule has 1 heterocycles. The maximum Gasteiger partial charge on any atom is 0.270 e. The van der Waals surface area contributed by atoms with Gasteiger partial charge in [-0.3, -0.25) is 4.79 Å². The lowest BCUT2D eigenvalue weighted by molar-refractivity contribution is -0.115. The Balaban J connectivity index is 2.81. The first-order valence-electron chi connectivity index (χ1n) is 3.34. The third kappa shape index (κ3) is 1.54. The normalized spacial score (nSPS) is 16.8. The van der Waals surface area contributed by atoms with Crippen molar-refractivity contribution < 1.29 is 9.53 Å². The fourth-order valence-corrected chi connectivity index (χ4v) is 0.878. The number of carbonyl (C=O) groups is 1. The molecule has 0 aromatic heterocycles. The smallest absolute Gasteiger partial charge is 0.270 e. The molecule has 0 aliphatic carbocycles. The zero-order chi connectivity index (χ0) is 8.27. The first-order valence-corrected chi connectivity index (χ1v) is 3.34. The van der Waals surface area contributed by atoms with Crippen molar-refractivity contribution >= 4 is 5.91 Å². The van der Waals surface area contributed by atoms with E-state index in [1.807, 2.05) is 0 Å². The summed E-state index contributed by atoms with van der Waals surface area (Å²) in [6.07, 6.45) is 0. The van der Waals surface area contributed by atoms with Crippen LogP contribution in [0.1, 0.15) is 0 Å². The second kappa shape index (κ2) is 3.14. The van der Waals surface area contributed by atoms with E-state index < -0.39 is 5.91 Å². The van der Waals surface area contributed by atoms with Gasteiger partial charge in [0.25, 0.3) is 5.91 Å². The van der Waals surface area contributed by atoms with Crippen LogP contribution in [0.3, 0.4) is 0 Å². The van der Waals surface area contributed by atoms with E-state index in [4.69, 9.17) is 10.5 Å². The quantitative estimate of drug-likeness (QED) is 0.455. The maximum absolute atomic E-state index is 10.7. The van der Waals surface area contributed by atoms with E-state index in [0.717, 1.165) is 0 Å². The molecule has 0 radical (unpaired) electrons. The SMILES string of the molecule is CNC1=C(C(N)=O)NCCO1. The third-order valence-electron chi connectivity index (χ3n) is 1.35. The fraction of sp³-hybridized carbons (Fsp3) is 0.500. The first-order chi connectivity index (χ1) is 5.25. The molecule has 0 bridgehead atoms. The van der Waals surface area contributed by atoms with Gasteiger partial charge < -0.3 is 21.1 Å². The van der Waals surface area contributed by atoms with E-state index in [-0.39, 0.29) is 0 Å². The van der Waals surface area contributed by atoms with Crippen LogP contribution in [-0.2, 0) is 9.53 Å². The summed E-state index contributed by atoms with van der Waals surface area (Å²) < 4.78 is 5.11. The van der Waals surface area contributed by atoms with E-state index in [0.29, 0.717) is 24.7 Å². The van der Waals surface area contributed by atoms with E-state index in [2.05, 4.69) is 10.6 Å². The Kier molecular flexibility index (Phi) is 2.20. The molecule has 1 aliphatic rings. The van der Waals surface area contributed by atoms with Crippen molar-refractivity contribution in [3.63, 3.8) is 0 Å². The summed E-state index contributed by atoms with van der Waals surface area (Å²) in [4.78, 5) is 10.7. The number of amides is 1. The molecule has 0 aromatic rings. The zero-order valence-electron chi connectivity index (χ0n) is 6.31. The predicted molar refractivity (Wildman–Crippen MR) is 39.2 cm³/mol. The molecule has 0 saturated carbocycles. The van der Waals surface area contributed by atoms with Gasteiger partial charge in [0.1, 0.15) is 6.61 Å². The van der Waals surface area contributed by atoms with Crippen molar-refractivity contribution in [1.29, 1.82) is 0 Å². The Bertz CT molecular complexity index is 200. The number of rotatable bonds is 2. The van der Waals surface area contributed by atoms with Crippen LogP contribution in [0, 0.1) is 0 Å². The van der Waals surface area contributed by atoms with E-state index in [9.17, 15) is 4.79 Å². The molecule has 11 heavy (non-hydrogen) atoms. The van der Waals surface area contributed by atoms with Crippen LogP contribution in [0.5, 0.6) is 0 Å². The summed E-state index contributed by atoms with van der Waals surface area (Å²) in [6, 6.07) is 0. The lowest BCUT2D eigenvalue weighted by Gasteiger charge is -2.20. The van der Waals surface area contributed by atoms with Gasteiger partial charge in [-0.25, -0.2) is 0 Å². The largest absolute Gasteiger partial charge is 0.476 e. The van der Waals surface area contributed by atoms with Gasteiger partial charge in [-0.15, -0.1) is 0 Å². The molecule has 0 atom stereocenters. The minimum absolute atomic E-state index is 0.318. The third-order valence-corrected chi connectivity index (χ3v) is 1.35. The van der Waals surface area contributed by atoms with Gasteiger partial charge in [-0.1, -0.05) is 0 Å². The summed E-state index contributed by atoms with van der Waals surface area (Å²) in [5.41, 5.74) is 5.37. The van der Waals surface area contributed by atoms with Gasteiger partial charge in [-0.2, -0.15) is 0 Å². The molecule has 1 amide bonds. The van der Waals surface area contributed by atoms with Crippen molar-refractivity contribution in [1.82, 2.24) is 10.6 Å². The summed E-state index contributed by atoms with van der Waals surface area (Å²) in [5.74, 6) is -0.0854. The highest BCUT2D eigenvalue weighted by Gasteiger charge is 2.16. The fourth-order valence-electron chi connectivity index (χ4n) is 0.878. The predicted octanol–water partition coefficient (Wildman–Crippen LogP) is -1.52. The van der Waals surface area contributed by atoms with E-state index in [1.165, 1.54) is 0 Å². The van der Waals surface area contributed by atoms with Gasteiger partial charge in [0.05, 0.1) is 0 Å². The number of ether oxygens (including phenoxy) is 1. The minimum atomic E-state index is -0.506. The number of hydrogen-bond acceptors (Lipinski definition) is 4. The van der Waals surface area contributed by atoms with E-state index >= 15 is 0 Å². The van der Waals surface area contributed by atoms with E-state index in [1.54, 1.807) is 7.05 Å². The molecule has 62 valence electrons. The van der Waals surface area contributed by atoms with Gasteiger partial charge >= 0.3 is 0 Å². The molecule has 1 rings (SSSR count). The van der Waals surface area contributed by atoms with Crippen LogP contribution < -0.4 is 16.4 Å². The Labute approximate surface area is 64.6 Å². The molecule has 0 saturated heterocycles. The molecule has 5 heteroatoms. The second-order valence-electron chi connectivity index (χ2n) is 2.09. The number of primary amides is 1. The summed E-state index contributed by atoms with van der Waals surface area (Å²) in [6.45, 7) is 1.16. The van der Waals surface area contributed by atoms with Gasteiger partial charge in [0, 0.05) is 13.6 Å². The standard InChI is InChI=1S/C6H11N3O2/c1-8-6-4(5(7)10)9-2-3-11-6/h8-9H,2-3H2,1H3,(H2,7,10). The second-order valence-corrected chi connectivity index (χ2v) is 2.09. The molecule has 0 fully saturated rings. The highest BCUT2D eigenvalue weighted by Crippen LogP contribution is 2.02. The molecule has 0 unspecified atom stereocenters. The lowest BCUT2D eigenvalue weighted by Crippen LogP contribution is -2.37. The molecule has 5 nitrogen and oxygen atoms in total. The van der Waals surface area contributed by atoms with Crippen molar-refractivity contribution in [3.05, 3.63) is 11.6 Å². The zero-order valence-corrected chi connectivity index (χ0v) is 6.31. The number of hydrogen-bond donors (Lipinski definition) is 3. The molecule has 4 N–H and O–H groups in total. The van der Waals surface area contributed by atoms with Crippen molar-refractivity contribution in [3.8, 4) is 0 Å².